The molecule has 110 valence electrons. The van der Waals surface area contributed by atoms with Crippen LogP contribution in [-0.4, -0.2) is 18.7 Å². The van der Waals surface area contributed by atoms with E-state index in [2.05, 4.69) is 6.92 Å². The molecule has 0 aromatic heterocycles. The lowest BCUT2D eigenvalue weighted by molar-refractivity contribution is -0.137. The molecule has 20 heavy (non-hydrogen) atoms. The Morgan fingerprint density at radius 2 is 1.95 bits per heavy atom. The molecule has 0 radical (unpaired) electrons. The number of hydrogen-bond donors (Lipinski definition) is 0. The minimum Gasteiger partial charge on any atom is -0.463 e. The number of carbonyl (C=O) groups is 1. The first-order valence-corrected chi connectivity index (χ1v) is 7.17. The van der Waals surface area contributed by atoms with E-state index < -0.39 is 0 Å². The summed E-state index contributed by atoms with van der Waals surface area (Å²) in [4.78, 5) is 11.5. The van der Waals surface area contributed by atoms with Gasteiger partial charge in [0.1, 0.15) is 0 Å². The molecule has 1 unspecified atom stereocenters. The first kappa shape index (κ1) is 16.4. The van der Waals surface area contributed by atoms with E-state index in [1.165, 1.54) is 6.08 Å². The molecular formula is C17H24O3. The van der Waals surface area contributed by atoms with E-state index >= 15 is 0 Å². The highest BCUT2D eigenvalue weighted by Crippen LogP contribution is 2.15. The van der Waals surface area contributed by atoms with Gasteiger partial charge < -0.3 is 9.47 Å². The first-order chi connectivity index (χ1) is 9.67. The van der Waals surface area contributed by atoms with E-state index in [9.17, 15) is 4.79 Å². The van der Waals surface area contributed by atoms with E-state index in [4.69, 9.17) is 9.47 Å². The Morgan fingerprint density at radius 3 is 2.55 bits per heavy atom. The lowest BCUT2D eigenvalue weighted by Gasteiger charge is -2.18. The van der Waals surface area contributed by atoms with Crippen LogP contribution in [0.1, 0.15) is 39.2 Å². The number of esters is 1. The van der Waals surface area contributed by atoms with Gasteiger partial charge in [-0.2, -0.15) is 0 Å². The normalized spacial score (nSPS) is 13.1. The van der Waals surface area contributed by atoms with E-state index in [0.717, 1.165) is 24.0 Å². The Hall–Kier alpha value is -1.61. The lowest BCUT2D eigenvalue weighted by Crippen LogP contribution is -2.16. The van der Waals surface area contributed by atoms with Crippen molar-refractivity contribution >= 4 is 5.97 Å². The van der Waals surface area contributed by atoms with E-state index in [0.29, 0.717) is 13.2 Å². The topological polar surface area (TPSA) is 35.5 Å². The zero-order valence-electron chi connectivity index (χ0n) is 12.6. The summed E-state index contributed by atoms with van der Waals surface area (Å²) in [6.45, 7) is 6.78. The zero-order valence-corrected chi connectivity index (χ0v) is 12.6. The summed E-state index contributed by atoms with van der Waals surface area (Å²) >= 11 is 0. The van der Waals surface area contributed by atoms with Crippen LogP contribution in [0.4, 0.5) is 0 Å². The van der Waals surface area contributed by atoms with Crippen molar-refractivity contribution in [3.05, 3.63) is 47.5 Å². The molecule has 1 aromatic carbocycles. The van der Waals surface area contributed by atoms with Crippen LogP contribution in [0.25, 0.3) is 0 Å². The molecule has 0 heterocycles. The van der Waals surface area contributed by atoms with E-state index in [1.54, 1.807) is 6.92 Å². The van der Waals surface area contributed by atoms with Crippen LogP contribution in [-0.2, 0) is 20.9 Å². The third kappa shape index (κ3) is 6.02. The Balaban J connectivity index is 2.61. The molecule has 1 rings (SSSR count). The van der Waals surface area contributed by atoms with Crippen molar-refractivity contribution in [2.75, 3.05) is 6.61 Å². The highest BCUT2D eigenvalue weighted by molar-refractivity contribution is 5.82. The molecular weight excluding hydrogens is 252 g/mol. The number of rotatable bonds is 8. The number of benzene rings is 1. The van der Waals surface area contributed by atoms with Gasteiger partial charge in [-0.05, 0) is 31.4 Å². The molecule has 0 fully saturated rings. The predicted octanol–water partition coefficient (Wildman–Crippen LogP) is 3.88. The molecule has 0 saturated carbocycles. The van der Waals surface area contributed by atoms with Crippen molar-refractivity contribution in [1.29, 1.82) is 0 Å². The second-order valence-corrected chi connectivity index (χ2v) is 4.71. The molecule has 1 atom stereocenters. The van der Waals surface area contributed by atoms with Gasteiger partial charge in [0.15, 0.2) is 0 Å². The van der Waals surface area contributed by atoms with Gasteiger partial charge in [-0.3, -0.25) is 0 Å². The fourth-order valence-corrected chi connectivity index (χ4v) is 1.94. The monoisotopic (exact) mass is 276 g/mol. The van der Waals surface area contributed by atoms with Gasteiger partial charge in [-0.15, -0.1) is 0 Å². The van der Waals surface area contributed by atoms with Gasteiger partial charge in [0.05, 0.1) is 19.3 Å². The summed E-state index contributed by atoms with van der Waals surface area (Å²) in [5, 5.41) is 0. The van der Waals surface area contributed by atoms with Gasteiger partial charge >= 0.3 is 5.97 Å². The maximum atomic E-state index is 11.5. The van der Waals surface area contributed by atoms with Crippen molar-refractivity contribution in [1.82, 2.24) is 0 Å². The van der Waals surface area contributed by atoms with Crippen molar-refractivity contribution in [2.24, 2.45) is 0 Å². The lowest BCUT2D eigenvalue weighted by atomic mass is 10.1. The Kier molecular flexibility index (Phi) is 7.66. The van der Waals surface area contributed by atoms with Gasteiger partial charge in [0.25, 0.3) is 0 Å². The fraction of sp³-hybridized carbons (Fsp3) is 0.471. The van der Waals surface area contributed by atoms with Gasteiger partial charge in [-0.1, -0.05) is 43.7 Å². The van der Waals surface area contributed by atoms with Crippen molar-refractivity contribution < 1.29 is 14.3 Å². The summed E-state index contributed by atoms with van der Waals surface area (Å²) in [6.07, 6.45) is 3.40. The molecule has 0 N–H and O–H groups in total. The van der Waals surface area contributed by atoms with Crippen LogP contribution in [0.15, 0.2) is 42.0 Å². The average molecular weight is 276 g/mol. The van der Waals surface area contributed by atoms with Crippen LogP contribution in [0.5, 0.6) is 0 Å². The number of hydrogen-bond acceptors (Lipinski definition) is 3. The summed E-state index contributed by atoms with van der Waals surface area (Å²) in [5.74, 6) is -0.297. The minimum atomic E-state index is -0.297. The zero-order chi connectivity index (χ0) is 14.8. The number of carbonyl (C=O) groups excluding carboxylic acids is 1. The van der Waals surface area contributed by atoms with Crippen LogP contribution >= 0.6 is 0 Å². The number of ether oxygens (including phenoxy) is 2. The van der Waals surface area contributed by atoms with Crippen LogP contribution in [0.3, 0.4) is 0 Å². The Labute approximate surface area is 121 Å². The van der Waals surface area contributed by atoms with Crippen LogP contribution in [0.2, 0.25) is 0 Å². The standard InChI is InChI=1S/C17H24O3/c1-4-9-16(14(3)12-17(18)19-5-2)20-13-15-10-7-6-8-11-15/h6-8,10-12,16H,4-5,9,13H2,1-3H3/b14-12-. The highest BCUT2D eigenvalue weighted by atomic mass is 16.5. The smallest absolute Gasteiger partial charge is 0.330 e. The Bertz CT molecular complexity index is 423. The molecule has 0 amide bonds. The predicted molar refractivity (Wildman–Crippen MR) is 80.3 cm³/mol. The molecule has 0 saturated heterocycles. The SMILES string of the molecule is CCCC(OCc1ccccc1)/C(C)=C\C(=O)OCC. The van der Waals surface area contributed by atoms with Crippen LogP contribution < -0.4 is 0 Å². The van der Waals surface area contributed by atoms with Gasteiger partial charge in [0.2, 0.25) is 0 Å². The van der Waals surface area contributed by atoms with E-state index in [-0.39, 0.29) is 12.1 Å². The van der Waals surface area contributed by atoms with Crippen molar-refractivity contribution in [2.45, 2.75) is 46.3 Å². The summed E-state index contributed by atoms with van der Waals surface area (Å²) in [5.41, 5.74) is 2.05. The van der Waals surface area contributed by atoms with Gasteiger partial charge in [0, 0.05) is 6.08 Å². The second kappa shape index (κ2) is 9.32. The average Bonchev–Trinajstić information content (AvgIpc) is 2.44. The molecule has 0 aliphatic heterocycles. The summed E-state index contributed by atoms with van der Waals surface area (Å²) in [7, 11) is 0. The fourth-order valence-electron chi connectivity index (χ4n) is 1.94. The minimum absolute atomic E-state index is 0.0374. The van der Waals surface area contributed by atoms with Crippen molar-refractivity contribution in [3.63, 3.8) is 0 Å². The van der Waals surface area contributed by atoms with Crippen LogP contribution in [0, 0.1) is 0 Å². The third-order valence-electron chi connectivity index (χ3n) is 2.98. The third-order valence-corrected chi connectivity index (χ3v) is 2.98. The second-order valence-electron chi connectivity index (χ2n) is 4.71. The Morgan fingerprint density at radius 1 is 1.25 bits per heavy atom. The maximum absolute atomic E-state index is 11.5. The maximum Gasteiger partial charge on any atom is 0.330 e. The molecule has 0 aliphatic rings. The molecule has 0 aliphatic carbocycles. The molecule has 0 spiro atoms. The molecule has 3 heteroatoms. The summed E-state index contributed by atoms with van der Waals surface area (Å²) < 4.78 is 10.9. The first-order valence-electron chi connectivity index (χ1n) is 7.17. The van der Waals surface area contributed by atoms with E-state index in [1.807, 2.05) is 37.3 Å². The molecule has 0 bridgehead atoms. The summed E-state index contributed by atoms with van der Waals surface area (Å²) in [6, 6.07) is 10.0. The highest BCUT2D eigenvalue weighted by Gasteiger charge is 2.12. The quantitative estimate of drug-likeness (QED) is 0.534. The van der Waals surface area contributed by atoms with Crippen molar-refractivity contribution in [3.8, 4) is 0 Å². The van der Waals surface area contributed by atoms with Gasteiger partial charge in [-0.25, -0.2) is 4.79 Å². The largest absolute Gasteiger partial charge is 0.463 e. The molecule has 3 nitrogen and oxygen atoms in total. The molecule has 1 aromatic rings.